The molecule has 2 aliphatic heterocycles. The fourth-order valence-electron chi connectivity index (χ4n) is 5.89. The van der Waals surface area contributed by atoms with E-state index in [1.54, 1.807) is 6.20 Å². The van der Waals surface area contributed by atoms with E-state index in [0.29, 0.717) is 15.1 Å². The summed E-state index contributed by atoms with van der Waals surface area (Å²) >= 11 is 20.3. The van der Waals surface area contributed by atoms with E-state index in [4.69, 9.17) is 34.8 Å². The van der Waals surface area contributed by atoms with Crippen LogP contribution in [0.5, 0.6) is 0 Å². The maximum Gasteiger partial charge on any atom is 0.251 e. The van der Waals surface area contributed by atoms with Crippen molar-refractivity contribution in [1.29, 1.82) is 0 Å². The van der Waals surface area contributed by atoms with Gasteiger partial charge in [0.05, 0.1) is 37.3 Å². The van der Waals surface area contributed by atoms with E-state index in [2.05, 4.69) is 88.0 Å². The van der Waals surface area contributed by atoms with Crippen molar-refractivity contribution in [2.45, 2.75) is 19.0 Å². The van der Waals surface area contributed by atoms with Crippen LogP contribution in [-0.4, -0.2) is 4.98 Å². The molecule has 2 aliphatic rings. The smallest absolute Gasteiger partial charge is 0.251 e. The molecule has 0 N–H and O–H groups in total. The summed E-state index contributed by atoms with van der Waals surface area (Å²) in [4.78, 5) is 4.37. The van der Waals surface area contributed by atoms with Gasteiger partial charge in [0.1, 0.15) is 0 Å². The summed E-state index contributed by atoms with van der Waals surface area (Å²) < 4.78 is 4.70. The number of hydrogen-bond donors (Lipinski definition) is 0. The average molecular weight is 529 g/mol. The summed E-state index contributed by atoms with van der Waals surface area (Å²) in [5.74, 6) is 0. The summed E-state index contributed by atoms with van der Waals surface area (Å²) in [7, 11) is 0. The van der Waals surface area contributed by atoms with Gasteiger partial charge in [-0.2, -0.15) is 9.13 Å². The van der Waals surface area contributed by atoms with Crippen molar-refractivity contribution in [2.24, 2.45) is 0 Å². The molecule has 2 atom stereocenters. The second kappa shape index (κ2) is 8.14. The Balaban J connectivity index is 1.63. The number of nitrogens with zero attached hydrogens (tertiary/aromatic N) is 3. The molecule has 0 radical (unpaired) electrons. The van der Waals surface area contributed by atoms with Gasteiger partial charge in [-0.15, -0.1) is 0 Å². The van der Waals surface area contributed by atoms with E-state index in [0.717, 1.165) is 39.2 Å². The van der Waals surface area contributed by atoms with Crippen LogP contribution in [0.4, 0.5) is 0 Å². The maximum absolute atomic E-state index is 7.02. The van der Waals surface area contributed by atoms with Crippen LogP contribution in [0.15, 0.2) is 91.5 Å². The predicted octanol–water partition coefficient (Wildman–Crippen LogP) is 7.43. The highest BCUT2D eigenvalue weighted by molar-refractivity contribution is 6.48. The van der Waals surface area contributed by atoms with E-state index in [1.165, 1.54) is 11.1 Å². The van der Waals surface area contributed by atoms with Gasteiger partial charge in [-0.05, 0) is 36.8 Å². The largest absolute Gasteiger partial charge is 0.264 e. The number of aromatic nitrogens is 3. The Bertz CT molecular complexity index is 1700. The molecule has 2 aromatic carbocycles. The quantitative estimate of drug-likeness (QED) is 0.164. The second-order valence-corrected chi connectivity index (χ2v) is 10.5. The first-order valence-electron chi connectivity index (χ1n) is 11.8. The second-order valence-electron chi connectivity index (χ2n) is 9.32. The molecule has 0 fully saturated rings. The minimum Gasteiger partial charge on any atom is -0.264 e. The third kappa shape index (κ3) is 3.03. The van der Waals surface area contributed by atoms with Gasteiger partial charge in [-0.25, -0.2) is 0 Å². The molecular weight excluding hydrogens is 509 g/mol. The number of aryl methyl sites for hydroxylation is 1. The molecular formula is C30H20Cl3N3+2. The fraction of sp³-hybridized carbons (Fsp3) is 0.100. The van der Waals surface area contributed by atoms with Crippen molar-refractivity contribution in [2.75, 3.05) is 0 Å². The van der Waals surface area contributed by atoms with Crippen LogP contribution in [0.2, 0.25) is 15.1 Å². The number of pyridine rings is 3. The Morgan fingerprint density at radius 3 is 2.42 bits per heavy atom. The first-order chi connectivity index (χ1) is 17.5. The number of benzene rings is 2. The van der Waals surface area contributed by atoms with Gasteiger partial charge in [0, 0.05) is 41.7 Å². The molecule has 3 nitrogen and oxygen atoms in total. The van der Waals surface area contributed by atoms with Crippen LogP contribution in [0.1, 0.15) is 28.8 Å². The molecule has 3 aromatic heterocycles. The number of fused-ring (bicyclic) bond motifs is 11. The average Bonchev–Trinajstić information content (AvgIpc) is 2.92. The first kappa shape index (κ1) is 22.0. The minimum absolute atomic E-state index is 0.0330. The molecule has 0 amide bonds. The standard InChI is InChI=1S/C30H20Cl3N3/c1-17-13-25-21-14-23(31)27(32)28(33)26(21)30-29(36(25)16-22(17)18-7-6-11-34-15-18)20-9-3-2-8-19(20)24-10-4-5-12-35(24)30/h2-16,29-30H,1H3/q+2. The van der Waals surface area contributed by atoms with Gasteiger partial charge >= 0.3 is 0 Å². The summed E-state index contributed by atoms with van der Waals surface area (Å²) in [6.45, 7) is 2.13. The fourth-order valence-corrected chi connectivity index (χ4v) is 6.61. The lowest BCUT2D eigenvalue weighted by molar-refractivity contribution is -0.799. The highest BCUT2D eigenvalue weighted by Gasteiger charge is 2.53. The Labute approximate surface area is 224 Å². The lowest BCUT2D eigenvalue weighted by atomic mass is 9.79. The highest BCUT2D eigenvalue weighted by Crippen LogP contribution is 2.50. The van der Waals surface area contributed by atoms with Crippen molar-refractivity contribution in [3.05, 3.63) is 123 Å². The monoisotopic (exact) mass is 527 g/mol. The zero-order valence-electron chi connectivity index (χ0n) is 19.3. The molecule has 7 rings (SSSR count). The van der Waals surface area contributed by atoms with Gasteiger partial charge in [0.2, 0.25) is 11.4 Å². The third-order valence-electron chi connectivity index (χ3n) is 7.41. The van der Waals surface area contributed by atoms with E-state index >= 15 is 0 Å². The van der Waals surface area contributed by atoms with Crippen molar-refractivity contribution >= 4 is 34.8 Å². The summed E-state index contributed by atoms with van der Waals surface area (Å²) in [6, 6.07) is 23.1. The summed E-state index contributed by atoms with van der Waals surface area (Å²) in [6.07, 6.45) is 8.10. The van der Waals surface area contributed by atoms with Crippen LogP contribution in [0, 0.1) is 6.92 Å². The number of halogens is 3. The van der Waals surface area contributed by atoms with E-state index in [-0.39, 0.29) is 12.1 Å². The first-order valence-corrected chi connectivity index (χ1v) is 12.9. The molecule has 0 saturated heterocycles. The molecule has 5 aromatic rings. The highest BCUT2D eigenvalue weighted by atomic mass is 35.5. The zero-order valence-corrected chi connectivity index (χ0v) is 21.6. The topological polar surface area (TPSA) is 20.6 Å². The Morgan fingerprint density at radius 1 is 0.750 bits per heavy atom. The van der Waals surface area contributed by atoms with Gasteiger partial charge in [0.15, 0.2) is 12.4 Å². The Hall–Kier alpha value is -3.24. The van der Waals surface area contributed by atoms with Crippen molar-refractivity contribution in [1.82, 2.24) is 4.98 Å². The van der Waals surface area contributed by atoms with Crippen LogP contribution in [0.25, 0.3) is 33.6 Å². The van der Waals surface area contributed by atoms with Gasteiger partial charge < -0.3 is 0 Å². The lowest BCUT2D eigenvalue weighted by Gasteiger charge is -2.33. The minimum atomic E-state index is -0.102. The molecule has 6 heteroatoms. The number of rotatable bonds is 1. The van der Waals surface area contributed by atoms with Crippen molar-refractivity contribution < 1.29 is 9.13 Å². The van der Waals surface area contributed by atoms with Crippen LogP contribution < -0.4 is 9.13 Å². The van der Waals surface area contributed by atoms with Crippen molar-refractivity contribution in [3.8, 4) is 33.6 Å². The third-order valence-corrected chi connectivity index (χ3v) is 8.69. The maximum atomic E-state index is 7.02. The molecule has 0 bridgehead atoms. The van der Waals surface area contributed by atoms with E-state index in [9.17, 15) is 0 Å². The van der Waals surface area contributed by atoms with E-state index in [1.807, 2.05) is 18.3 Å². The molecule has 2 unspecified atom stereocenters. The van der Waals surface area contributed by atoms with Crippen LogP contribution in [-0.2, 0) is 0 Å². The van der Waals surface area contributed by atoms with Crippen LogP contribution in [0.3, 0.4) is 0 Å². The van der Waals surface area contributed by atoms with Crippen molar-refractivity contribution in [3.63, 3.8) is 0 Å². The van der Waals surface area contributed by atoms with Gasteiger partial charge in [-0.1, -0.05) is 59.1 Å². The Morgan fingerprint density at radius 2 is 1.58 bits per heavy atom. The Kier molecular flexibility index (Phi) is 4.97. The van der Waals surface area contributed by atoms with E-state index < -0.39 is 0 Å². The summed E-state index contributed by atoms with van der Waals surface area (Å²) in [5.41, 5.74) is 10.0. The molecule has 36 heavy (non-hydrogen) atoms. The molecule has 0 spiro atoms. The predicted molar refractivity (Wildman–Crippen MR) is 143 cm³/mol. The lowest BCUT2D eigenvalue weighted by Crippen LogP contribution is -2.60. The normalized spacial score (nSPS) is 16.9. The molecule has 0 aliphatic carbocycles. The molecule has 174 valence electrons. The van der Waals surface area contributed by atoms with Gasteiger partial charge in [-0.3, -0.25) is 4.98 Å². The van der Waals surface area contributed by atoms with Crippen LogP contribution >= 0.6 is 34.8 Å². The zero-order chi connectivity index (χ0) is 24.6. The number of hydrogen-bond acceptors (Lipinski definition) is 1. The molecule has 5 heterocycles. The molecule has 0 saturated carbocycles. The summed E-state index contributed by atoms with van der Waals surface area (Å²) in [5, 5.41) is 1.36. The van der Waals surface area contributed by atoms with Gasteiger partial charge in [0.25, 0.3) is 12.1 Å². The SMILES string of the molecule is Cc1cc2[n+](cc1-c1cccnc1)C1c3ccccc3-c3cccc[n+]3C1c1c-2cc(Cl)c(Cl)c1Cl.